The van der Waals surface area contributed by atoms with Gasteiger partial charge in [0.2, 0.25) is 0 Å². The van der Waals surface area contributed by atoms with Crippen LogP contribution in [0.4, 0.5) is 24.5 Å². The molecule has 0 atom stereocenters. The topological polar surface area (TPSA) is 95.2 Å². The van der Waals surface area contributed by atoms with Gasteiger partial charge < -0.3 is 20.9 Å². The van der Waals surface area contributed by atoms with Gasteiger partial charge in [0.1, 0.15) is 23.5 Å². The number of alkyl halides is 3. The summed E-state index contributed by atoms with van der Waals surface area (Å²) in [7, 11) is 0. The molecule has 9 heteroatoms. The molecule has 0 bridgehead atoms. The largest absolute Gasteiger partial charge is 0.573 e. The number of nitrogens with zero attached hydrogens (tertiary/aromatic N) is 2. The van der Waals surface area contributed by atoms with Crippen molar-refractivity contribution in [3.05, 3.63) is 42.5 Å². The third-order valence-corrected chi connectivity index (χ3v) is 2.60. The molecule has 0 fully saturated rings. The van der Waals surface area contributed by atoms with Crippen LogP contribution >= 0.6 is 0 Å². The Morgan fingerprint density at radius 2 is 1.79 bits per heavy atom. The van der Waals surface area contributed by atoms with Crippen LogP contribution in [0.1, 0.15) is 0 Å². The van der Waals surface area contributed by atoms with Crippen molar-refractivity contribution in [2.24, 2.45) is 15.7 Å². The molecule has 126 valence electrons. The third kappa shape index (κ3) is 5.20. The molecule has 0 radical (unpaired) electrons. The van der Waals surface area contributed by atoms with E-state index in [0.29, 0.717) is 11.4 Å². The standard InChI is InChI=1S/C15H13F3N4O2/c16-15(17,18)24-12-3-1-2-11(7-12)23-14-6-10(20)4-5-13(14)22-9-21-8-19/h1-9H,20H2,(H2,19,21,22). The first-order valence-electron chi connectivity index (χ1n) is 6.56. The van der Waals surface area contributed by atoms with E-state index in [-0.39, 0.29) is 11.5 Å². The number of hydrogen-bond donors (Lipinski definition) is 2. The Morgan fingerprint density at radius 1 is 1.04 bits per heavy atom. The van der Waals surface area contributed by atoms with E-state index in [2.05, 4.69) is 14.7 Å². The first kappa shape index (κ1) is 17.1. The van der Waals surface area contributed by atoms with Crippen molar-refractivity contribution in [3.8, 4) is 17.2 Å². The first-order valence-corrected chi connectivity index (χ1v) is 6.56. The third-order valence-electron chi connectivity index (χ3n) is 2.60. The van der Waals surface area contributed by atoms with E-state index in [1.807, 2.05) is 0 Å². The van der Waals surface area contributed by atoms with Crippen LogP contribution in [0.5, 0.6) is 17.2 Å². The Bertz CT molecular complexity index is 761. The smallest absolute Gasteiger partial charge is 0.455 e. The van der Waals surface area contributed by atoms with Gasteiger partial charge in [0.25, 0.3) is 0 Å². The lowest BCUT2D eigenvalue weighted by atomic mass is 10.2. The van der Waals surface area contributed by atoms with Gasteiger partial charge in [-0.3, -0.25) is 0 Å². The van der Waals surface area contributed by atoms with Crippen LogP contribution < -0.4 is 20.9 Å². The molecule has 0 saturated heterocycles. The maximum Gasteiger partial charge on any atom is 0.573 e. The Labute approximate surface area is 135 Å². The second kappa shape index (κ2) is 7.36. The monoisotopic (exact) mass is 338 g/mol. The van der Waals surface area contributed by atoms with Gasteiger partial charge in [-0.25, -0.2) is 9.98 Å². The summed E-state index contributed by atoms with van der Waals surface area (Å²) in [5.41, 5.74) is 11.6. The molecule has 0 heterocycles. The number of rotatable bonds is 5. The normalized spacial score (nSPS) is 12.0. The van der Waals surface area contributed by atoms with Crippen LogP contribution in [-0.4, -0.2) is 19.0 Å². The lowest BCUT2D eigenvalue weighted by Crippen LogP contribution is -2.17. The summed E-state index contributed by atoms with van der Waals surface area (Å²) in [5.74, 6) is -0.0366. The van der Waals surface area contributed by atoms with Crippen molar-refractivity contribution in [2.45, 2.75) is 6.36 Å². The fourth-order valence-corrected chi connectivity index (χ4v) is 1.71. The molecule has 0 amide bonds. The minimum atomic E-state index is -4.79. The number of halogens is 3. The molecule has 0 aliphatic heterocycles. The van der Waals surface area contributed by atoms with E-state index < -0.39 is 12.1 Å². The van der Waals surface area contributed by atoms with Crippen molar-refractivity contribution >= 4 is 24.1 Å². The molecule has 24 heavy (non-hydrogen) atoms. The summed E-state index contributed by atoms with van der Waals surface area (Å²) in [6.45, 7) is 0. The van der Waals surface area contributed by atoms with Gasteiger partial charge in [0.15, 0.2) is 5.75 Å². The summed E-state index contributed by atoms with van der Waals surface area (Å²) in [5, 5.41) is 0. The quantitative estimate of drug-likeness (QED) is 0.494. The van der Waals surface area contributed by atoms with E-state index in [1.165, 1.54) is 24.5 Å². The van der Waals surface area contributed by atoms with Crippen molar-refractivity contribution in [1.29, 1.82) is 0 Å². The highest BCUT2D eigenvalue weighted by atomic mass is 19.4. The Morgan fingerprint density at radius 3 is 2.50 bits per heavy atom. The van der Waals surface area contributed by atoms with Crippen molar-refractivity contribution in [1.82, 2.24) is 0 Å². The van der Waals surface area contributed by atoms with Gasteiger partial charge in [0, 0.05) is 17.8 Å². The predicted molar refractivity (Wildman–Crippen MR) is 84.9 cm³/mol. The Kier molecular flexibility index (Phi) is 5.25. The fourth-order valence-electron chi connectivity index (χ4n) is 1.71. The molecule has 0 unspecified atom stereocenters. The van der Waals surface area contributed by atoms with E-state index in [9.17, 15) is 13.2 Å². The summed E-state index contributed by atoms with van der Waals surface area (Å²) in [6.07, 6.45) is -2.54. The van der Waals surface area contributed by atoms with Gasteiger partial charge in [0.05, 0.1) is 6.34 Å². The molecule has 2 aromatic rings. The fraction of sp³-hybridized carbons (Fsp3) is 0.0667. The second-order valence-electron chi connectivity index (χ2n) is 4.39. The maximum atomic E-state index is 12.3. The summed E-state index contributed by atoms with van der Waals surface area (Å²) in [4.78, 5) is 7.64. The number of hydrogen-bond acceptors (Lipinski definition) is 4. The summed E-state index contributed by atoms with van der Waals surface area (Å²) >= 11 is 0. The molecular formula is C15H13F3N4O2. The average Bonchev–Trinajstić information content (AvgIpc) is 2.48. The van der Waals surface area contributed by atoms with Gasteiger partial charge in [-0.2, -0.15) is 0 Å². The number of anilines is 1. The van der Waals surface area contributed by atoms with E-state index >= 15 is 0 Å². The van der Waals surface area contributed by atoms with E-state index in [4.69, 9.17) is 16.2 Å². The van der Waals surface area contributed by atoms with Crippen LogP contribution in [0.25, 0.3) is 0 Å². The number of nitrogens with two attached hydrogens (primary N) is 2. The number of nitrogen functional groups attached to an aromatic ring is 1. The highest BCUT2D eigenvalue weighted by Crippen LogP contribution is 2.35. The van der Waals surface area contributed by atoms with Crippen LogP contribution in [0.3, 0.4) is 0 Å². The molecular weight excluding hydrogens is 325 g/mol. The molecule has 0 saturated carbocycles. The predicted octanol–water partition coefficient (Wildman–Crippen LogP) is 3.61. The van der Waals surface area contributed by atoms with Crippen molar-refractivity contribution in [3.63, 3.8) is 0 Å². The zero-order chi connectivity index (χ0) is 17.6. The molecule has 0 aromatic heterocycles. The lowest BCUT2D eigenvalue weighted by molar-refractivity contribution is -0.274. The lowest BCUT2D eigenvalue weighted by Gasteiger charge is -2.12. The minimum Gasteiger partial charge on any atom is -0.455 e. The Hall–Kier alpha value is -3.23. The van der Waals surface area contributed by atoms with Crippen LogP contribution in [0.15, 0.2) is 52.4 Å². The van der Waals surface area contributed by atoms with Gasteiger partial charge >= 0.3 is 6.36 Å². The van der Waals surface area contributed by atoms with E-state index in [0.717, 1.165) is 18.5 Å². The zero-order valence-electron chi connectivity index (χ0n) is 12.2. The highest BCUT2D eigenvalue weighted by Gasteiger charge is 2.31. The highest BCUT2D eigenvalue weighted by molar-refractivity contribution is 5.74. The Balaban J connectivity index is 2.27. The van der Waals surface area contributed by atoms with E-state index in [1.54, 1.807) is 12.1 Å². The van der Waals surface area contributed by atoms with Gasteiger partial charge in [-0.15, -0.1) is 13.2 Å². The number of benzene rings is 2. The maximum absolute atomic E-state index is 12.3. The number of ether oxygens (including phenoxy) is 2. The van der Waals surface area contributed by atoms with Gasteiger partial charge in [-0.1, -0.05) is 6.07 Å². The first-order chi connectivity index (χ1) is 11.4. The number of aliphatic imine (C=N–C) groups is 2. The molecule has 2 rings (SSSR count). The molecule has 0 spiro atoms. The van der Waals surface area contributed by atoms with Gasteiger partial charge in [-0.05, 0) is 24.3 Å². The SMILES string of the molecule is NC=NC=Nc1ccc(N)cc1Oc1cccc(OC(F)(F)F)c1. The summed E-state index contributed by atoms with van der Waals surface area (Å²) < 4.78 is 46.2. The average molecular weight is 338 g/mol. The molecule has 6 nitrogen and oxygen atoms in total. The molecule has 0 aliphatic rings. The minimum absolute atomic E-state index is 0.126. The molecule has 2 aromatic carbocycles. The molecule has 0 aliphatic carbocycles. The van der Waals surface area contributed by atoms with Crippen molar-refractivity contribution < 1.29 is 22.6 Å². The van der Waals surface area contributed by atoms with Crippen molar-refractivity contribution in [2.75, 3.05) is 5.73 Å². The molecule has 4 N–H and O–H groups in total. The summed E-state index contributed by atoms with van der Waals surface area (Å²) in [6, 6.07) is 9.74. The van der Waals surface area contributed by atoms with Crippen LogP contribution in [0, 0.1) is 0 Å². The second-order valence-corrected chi connectivity index (χ2v) is 4.39. The van der Waals surface area contributed by atoms with Crippen LogP contribution in [0.2, 0.25) is 0 Å². The zero-order valence-corrected chi connectivity index (χ0v) is 12.2. The van der Waals surface area contributed by atoms with Crippen LogP contribution in [-0.2, 0) is 0 Å².